The molecule has 0 nitrogen and oxygen atoms in total. The van der Waals surface area contributed by atoms with E-state index in [2.05, 4.69) is 88.8 Å². The molecule has 0 aromatic carbocycles. The fraction of sp³-hybridized carbons (Fsp3) is 0.0588. The normalized spacial score (nSPS) is 15.2. The molecule has 3 heteroatoms. The first-order valence-corrected chi connectivity index (χ1v) is 8.79. The highest BCUT2D eigenvalue weighted by molar-refractivity contribution is 9.11. The monoisotopic (exact) mass is 360 g/mol. The summed E-state index contributed by atoms with van der Waals surface area (Å²) in [5.74, 6) is 0.458. The van der Waals surface area contributed by atoms with E-state index in [0.717, 1.165) is 0 Å². The van der Waals surface area contributed by atoms with E-state index in [0.29, 0.717) is 5.92 Å². The molecule has 0 amide bonds. The van der Waals surface area contributed by atoms with Crippen molar-refractivity contribution < 1.29 is 0 Å². The van der Waals surface area contributed by atoms with Crippen LogP contribution in [0.25, 0.3) is 18.2 Å². The van der Waals surface area contributed by atoms with Crippen LogP contribution in [0.2, 0.25) is 0 Å². The van der Waals surface area contributed by atoms with Crippen molar-refractivity contribution in [3.8, 4) is 0 Å². The molecule has 2 aromatic rings. The van der Waals surface area contributed by atoms with Gasteiger partial charge in [-0.3, -0.25) is 0 Å². The quantitative estimate of drug-likeness (QED) is 0.583. The molecule has 0 fully saturated rings. The SMILES string of the molecule is Brc1ccc(/C=C/c2ccc(/C=C/C3C=CC=C3)s2)s1. The maximum Gasteiger partial charge on any atom is 0.0704 e. The minimum Gasteiger partial charge on any atom is -0.137 e. The Kier molecular flexibility index (Phi) is 4.51. The van der Waals surface area contributed by atoms with Crippen molar-refractivity contribution >= 4 is 56.8 Å². The van der Waals surface area contributed by atoms with Crippen molar-refractivity contribution in [3.63, 3.8) is 0 Å². The summed E-state index contributed by atoms with van der Waals surface area (Å²) in [6.07, 6.45) is 17.4. The zero-order valence-corrected chi connectivity index (χ0v) is 13.9. The minimum atomic E-state index is 0.458. The zero-order chi connectivity index (χ0) is 13.8. The van der Waals surface area contributed by atoms with Crippen LogP contribution in [-0.4, -0.2) is 0 Å². The maximum absolute atomic E-state index is 3.48. The molecule has 0 bridgehead atoms. The fourth-order valence-electron chi connectivity index (χ4n) is 1.91. The molecule has 100 valence electrons. The van der Waals surface area contributed by atoms with E-state index in [4.69, 9.17) is 0 Å². The summed E-state index contributed by atoms with van der Waals surface area (Å²) in [6.45, 7) is 0. The number of rotatable bonds is 4. The zero-order valence-electron chi connectivity index (χ0n) is 10.7. The van der Waals surface area contributed by atoms with Gasteiger partial charge in [-0.25, -0.2) is 0 Å². The van der Waals surface area contributed by atoms with Gasteiger partial charge in [-0.2, -0.15) is 0 Å². The highest BCUT2D eigenvalue weighted by Gasteiger charge is 1.99. The van der Waals surface area contributed by atoms with Crippen LogP contribution in [0.15, 0.2) is 58.4 Å². The highest BCUT2D eigenvalue weighted by Crippen LogP contribution is 2.26. The largest absolute Gasteiger partial charge is 0.137 e. The highest BCUT2D eigenvalue weighted by atomic mass is 79.9. The molecule has 2 heterocycles. The predicted octanol–water partition coefficient (Wildman–Crippen LogP) is 6.50. The Morgan fingerprint density at radius 3 is 2.05 bits per heavy atom. The van der Waals surface area contributed by atoms with Crippen molar-refractivity contribution in [2.24, 2.45) is 5.92 Å². The Morgan fingerprint density at radius 2 is 1.40 bits per heavy atom. The average Bonchev–Trinajstić information content (AvgIpc) is 3.16. The van der Waals surface area contributed by atoms with Gasteiger partial charge < -0.3 is 0 Å². The lowest BCUT2D eigenvalue weighted by Crippen LogP contribution is -1.78. The molecule has 0 unspecified atom stereocenters. The summed E-state index contributed by atoms with van der Waals surface area (Å²) in [6, 6.07) is 8.55. The molecular formula is C17H13BrS2. The average molecular weight is 361 g/mol. The number of allylic oxidation sites excluding steroid dienone is 5. The minimum absolute atomic E-state index is 0.458. The van der Waals surface area contributed by atoms with Gasteiger partial charge in [-0.15, -0.1) is 22.7 Å². The number of hydrogen-bond acceptors (Lipinski definition) is 2. The van der Waals surface area contributed by atoms with Crippen molar-refractivity contribution in [3.05, 3.63) is 73.1 Å². The van der Waals surface area contributed by atoms with E-state index in [9.17, 15) is 0 Å². The maximum atomic E-state index is 3.48. The van der Waals surface area contributed by atoms with Crippen molar-refractivity contribution in [2.45, 2.75) is 0 Å². The summed E-state index contributed by atoms with van der Waals surface area (Å²) in [7, 11) is 0. The molecule has 1 aliphatic carbocycles. The van der Waals surface area contributed by atoms with Crippen LogP contribution in [0.5, 0.6) is 0 Å². The Bertz CT molecular complexity index is 686. The summed E-state index contributed by atoms with van der Waals surface area (Å²) >= 11 is 7.04. The smallest absolute Gasteiger partial charge is 0.0704 e. The molecule has 3 rings (SSSR count). The van der Waals surface area contributed by atoms with Gasteiger partial charge in [0.25, 0.3) is 0 Å². The van der Waals surface area contributed by atoms with E-state index in [1.54, 1.807) is 11.3 Å². The molecule has 0 spiro atoms. The molecule has 0 radical (unpaired) electrons. The van der Waals surface area contributed by atoms with E-state index in [-0.39, 0.29) is 0 Å². The fourth-order valence-corrected chi connectivity index (χ4v) is 4.07. The molecule has 1 aliphatic rings. The summed E-state index contributed by atoms with van der Waals surface area (Å²) in [5.41, 5.74) is 0. The Balaban J connectivity index is 1.66. The molecule has 0 atom stereocenters. The van der Waals surface area contributed by atoms with Crippen LogP contribution in [0.3, 0.4) is 0 Å². The van der Waals surface area contributed by atoms with Gasteiger partial charge >= 0.3 is 0 Å². The van der Waals surface area contributed by atoms with Crippen molar-refractivity contribution in [1.29, 1.82) is 0 Å². The second-order valence-corrected chi connectivity index (χ2v) is 8.06. The molecule has 20 heavy (non-hydrogen) atoms. The van der Waals surface area contributed by atoms with Gasteiger partial charge in [-0.05, 0) is 58.4 Å². The van der Waals surface area contributed by atoms with Gasteiger partial charge in [0, 0.05) is 20.5 Å². The number of halogens is 1. The predicted molar refractivity (Wildman–Crippen MR) is 96.1 cm³/mol. The number of hydrogen-bond donors (Lipinski definition) is 0. The lowest BCUT2D eigenvalue weighted by atomic mass is 10.1. The first kappa shape index (κ1) is 13.8. The lowest BCUT2D eigenvalue weighted by molar-refractivity contribution is 1.10. The number of thiophene rings is 2. The van der Waals surface area contributed by atoms with Crippen LogP contribution in [-0.2, 0) is 0 Å². The Morgan fingerprint density at radius 1 is 0.800 bits per heavy atom. The molecule has 0 saturated carbocycles. The van der Waals surface area contributed by atoms with E-state index in [1.807, 2.05) is 11.3 Å². The van der Waals surface area contributed by atoms with Gasteiger partial charge in [-0.1, -0.05) is 30.4 Å². The van der Waals surface area contributed by atoms with Crippen LogP contribution < -0.4 is 0 Å². The molecule has 0 saturated heterocycles. The van der Waals surface area contributed by atoms with E-state index in [1.165, 1.54) is 18.4 Å². The Hall–Kier alpha value is -1.16. The van der Waals surface area contributed by atoms with Crippen molar-refractivity contribution in [1.82, 2.24) is 0 Å². The van der Waals surface area contributed by atoms with E-state index < -0.39 is 0 Å². The van der Waals surface area contributed by atoms with Crippen LogP contribution in [0.4, 0.5) is 0 Å². The summed E-state index contributed by atoms with van der Waals surface area (Å²) < 4.78 is 1.17. The van der Waals surface area contributed by atoms with Crippen molar-refractivity contribution in [2.75, 3.05) is 0 Å². The summed E-state index contributed by atoms with van der Waals surface area (Å²) in [5, 5.41) is 0. The third kappa shape index (κ3) is 3.69. The molecule has 2 aromatic heterocycles. The van der Waals surface area contributed by atoms with Gasteiger partial charge in [0.05, 0.1) is 3.79 Å². The topological polar surface area (TPSA) is 0 Å². The third-order valence-electron chi connectivity index (χ3n) is 2.91. The molecule has 0 N–H and O–H groups in total. The molecule has 0 aliphatic heterocycles. The lowest BCUT2D eigenvalue weighted by Gasteiger charge is -1.93. The Labute approximate surface area is 135 Å². The summed E-state index contributed by atoms with van der Waals surface area (Å²) in [4.78, 5) is 3.85. The third-order valence-corrected chi connectivity index (χ3v) is 5.52. The van der Waals surface area contributed by atoms with E-state index >= 15 is 0 Å². The van der Waals surface area contributed by atoms with Gasteiger partial charge in [0.1, 0.15) is 0 Å². The second-order valence-electron chi connectivity index (χ2n) is 4.42. The van der Waals surface area contributed by atoms with Crippen LogP contribution in [0.1, 0.15) is 14.6 Å². The first-order valence-electron chi connectivity index (χ1n) is 6.36. The first-order chi connectivity index (χ1) is 9.79. The molecular weight excluding hydrogens is 348 g/mol. The van der Waals surface area contributed by atoms with Gasteiger partial charge in [0.2, 0.25) is 0 Å². The van der Waals surface area contributed by atoms with Crippen LogP contribution in [0, 0.1) is 5.92 Å². The standard InChI is InChI=1S/C17H13BrS2/c18-17-12-11-16(20-17)10-9-15-8-7-14(19-15)6-5-13-3-1-2-4-13/h1-13H/b6-5+,10-9+. The second kappa shape index (κ2) is 6.53. The van der Waals surface area contributed by atoms with Crippen LogP contribution >= 0.6 is 38.6 Å². The van der Waals surface area contributed by atoms with Gasteiger partial charge in [0.15, 0.2) is 0 Å².